The smallest absolute Gasteiger partial charge is 0.329 e. The molecule has 2 heterocycles. The van der Waals surface area contributed by atoms with Gasteiger partial charge in [-0.1, -0.05) is 36.8 Å². The molecule has 0 saturated heterocycles. The summed E-state index contributed by atoms with van der Waals surface area (Å²) in [6.45, 7) is 2.22. The highest BCUT2D eigenvalue weighted by Gasteiger charge is 2.45. The number of fused-ring (bicyclic) bond motifs is 1. The van der Waals surface area contributed by atoms with Gasteiger partial charge >= 0.3 is 5.69 Å². The van der Waals surface area contributed by atoms with Crippen molar-refractivity contribution in [1.29, 1.82) is 0 Å². The zero-order valence-corrected chi connectivity index (χ0v) is 14.0. The second-order valence-corrected chi connectivity index (χ2v) is 6.92. The summed E-state index contributed by atoms with van der Waals surface area (Å²) in [6, 6.07) is 10.5. The molecule has 0 spiro atoms. The first-order chi connectivity index (χ1) is 11.7. The summed E-state index contributed by atoms with van der Waals surface area (Å²) in [6.07, 6.45) is 5.21. The van der Waals surface area contributed by atoms with Gasteiger partial charge in [0.05, 0.1) is 11.1 Å². The second kappa shape index (κ2) is 5.65. The molecule has 5 heteroatoms. The van der Waals surface area contributed by atoms with Crippen molar-refractivity contribution in [3.05, 3.63) is 62.3 Å². The largest absolute Gasteiger partial charge is 0.361 e. The predicted octanol–water partition coefficient (Wildman–Crippen LogP) is 2.61. The van der Waals surface area contributed by atoms with Gasteiger partial charge in [-0.3, -0.25) is 14.3 Å². The molecular formula is C19H23N3O2. The van der Waals surface area contributed by atoms with E-state index in [1.54, 1.807) is 0 Å². The summed E-state index contributed by atoms with van der Waals surface area (Å²) in [7, 11) is 0. The van der Waals surface area contributed by atoms with Crippen molar-refractivity contribution < 1.29 is 0 Å². The van der Waals surface area contributed by atoms with E-state index in [0.717, 1.165) is 6.42 Å². The highest BCUT2D eigenvalue weighted by Crippen LogP contribution is 2.48. The molecule has 1 aliphatic carbocycles. The Morgan fingerprint density at radius 2 is 1.96 bits per heavy atom. The van der Waals surface area contributed by atoms with Gasteiger partial charge in [-0.2, -0.15) is 0 Å². The second-order valence-electron chi connectivity index (χ2n) is 6.92. The quantitative estimate of drug-likeness (QED) is 0.911. The van der Waals surface area contributed by atoms with Crippen LogP contribution in [0.15, 0.2) is 39.9 Å². The van der Waals surface area contributed by atoms with Gasteiger partial charge in [-0.25, -0.2) is 4.79 Å². The molecule has 0 unspecified atom stereocenters. The summed E-state index contributed by atoms with van der Waals surface area (Å²) < 4.78 is 1.28. The number of H-pyrrole nitrogens is 1. The molecule has 1 saturated carbocycles. The van der Waals surface area contributed by atoms with E-state index in [-0.39, 0.29) is 16.8 Å². The topological polar surface area (TPSA) is 66.9 Å². The van der Waals surface area contributed by atoms with Gasteiger partial charge in [-0.05, 0) is 44.1 Å². The minimum Gasteiger partial charge on any atom is -0.361 e. The van der Waals surface area contributed by atoms with Gasteiger partial charge in [0.25, 0.3) is 5.56 Å². The number of nitrogens with one attached hydrogen (secondary N) is 2. The summed E-state index contributed by atoms with van der Waals surface area (Å²) in [4.78, 5) is 27.7. The molecule has 1 aromatic carbocycles. The maximum absolute atomic E-state index is 12.6. The van der Waals surface area contributed by atoms with Crippen LogP contribution < -0.4 is 16.6 Å². The lowest BCUT2D eigenvalue weighted by atomic mass is 9.64. The molecule has 1 atom stereocenters. The number of hydrogen-bond acceptors (Lipinski definition) is 3. The minimum absolute atomic E-state index is 0.154. The van der Waals surface area contributed by atoms with Gasteiger partial charge in [0.1, 0.15) is 5.82 Å². The van der Waals surface area contributed by atoms with Crippen LogP contribution in [0.25, 0.3) is 0 Å². The fourth-order valence-electron chi connectivity index (χ4n) is 4.24. The maximum atomic E-state index is 12.6. The van der Waals surface area contributed by atoms with Gasteiger partial charge in [0, 0.05) is 6.54 Å². The lowest BCUT2D eigenvalue weighted by Crippen LogP contribution is -2.51. The normalized spacial score (nSPS) is 23.2. The monoisotopic (exact) mass is 325 g/mol. The first-order valence-electron chi connectivity index (χ1n) is 8.85. The van der Waals surface area contributed by atoms with Crippen LogP contribution in [-0.4, -0.2) is 9.55 Å². The Hall–Kier alpha value is -2.30. The number of benzene rings is 1. The Morgan fingerprint density at radius 1 is 1.21 bits per heavy atom. The summed E-state index contributed by atoms with van der Waals surface area (Å²) in [5, 5.41) is 3.59. The molecule has 24 heavy (non-hydrogen) atoms. The van der Waals surface area contributed by atoms with Crippen LogP contribution in [0.4, 0.5) is 5.82 Å². The highest BCUT2D eigenvalue weighted by molar-refractivity contribution is 5.51. The molecule has 5 nitrogen and oxygen atoms in total. The SMILES string of the molecule is CCn1c(=O)[nH]c2c(c1=O)CC[C@@](c1ccccc1)(C1CCC1)N2. The van der Waals surface area contributed by atoms with Gasteiger partial charge in [0.2, 0.25) is 0 Å². The lowest BCUT2D eigenvalue weighted by molar-refractivity contribution is 0.170. The number of aromatic nitrogens is 2. The third-order valence-electron chi connectivity index (χ3n) is 5.81. The van der Waals surface area contributed by atoms with Gasteiger partial charge < -0.3 is 5.32 Å². The number of anilines is 1. The van der Waals surface area contributed by atoms with Crippen LogP contribution in [0.2, 0.25) is 0 Å². The van der Waals surface area contributed by atoms with Crippen LogP contribution in [0.1, 0.15) is 43.7 Å². The molecule has 4 rings (SSSR count). The molecule has 2 aliphatic rings. The third kappa shape index (κ3) is 2.14. The first kappa shape index (κ1) is 15.2. The highest BCUT2D eigenvalue weighted by atomic mass is 16.2. The Kier molecular flexibility index (Phi) is 3.59. The predicted molar refractivity (Wildman–Crippen MR) is 94.4 cm³/mol. The maximum Gasteiger partial charge on any atom is 0.329 e. The Balaban J connectivity index is 1.84. The van der Waals surface area contributed by atoms with Crippen molar-refractivity contribution in [2.75, 3.05) is 5.32 Å². The molecule has 0 bridgehead atoms. The van der Waals surface area contributed by atoms with E-state index in [1.165, 1.54) is 29.4 Å². The average molecular weight is 325 g/mol. The minimum atomic E-state index is -0.328. The van der Waals surface area contributed by atoms with Gasteiger partial charge in [0.15, 0.2) is 0 Å². The summed E-state index contributed by atoms with van der Waals surface area (Å²) in [5.74, 6) is 1.17. The molecule has 126 valence electrons. The molecule has 0 amide bonds. The van der Waals surface area contributed by atoms with Crippen LogP contribution in [0.5, 0.6) is 0 Å². The van der Waals surface area contributed by atoms with Crippen molar-refractivity contribution in [2.45, 2.75) is 51.1 Å². The zero-order valence-electron chi connectivity index (χ0n) is 14.0. The number of hydrogen-bond donors (Lipinski definition) is 2. The van der Waals surface area contributed by atoms with E-state index in [4.69, 9.17) is 0 Å². The molecule has 1 aliphatic heterocycles. The van der Waals surface area contributed by atoms with E-state index in [9.17, 15) is 9.59 Å². The van der Waals surface area contributed by atoms with E-state index >= 15 is 0 Å². The lowest BCUT2D eigenvalue weighted by Gasteiger charge is -2.49. The fraction of sp³-hybridized carbons (Fsp3) is 0.474. The number of nitrogens with zero attached hydrogens (tertiary/aromatic N) is 1. The van der Waals surface area contributed by atoms with Crippen molar-refractivity contribution in [3.63, 3.8) is 0 Å². The van der Waals surface area contributed by atoms with E-state index in [0.29, 0.717) is 30.3 Å². The fourth-order valence-corrected chi connectivity index (χ4v) is 4.24. The van der Waals surface area contributed by atoms with Crippen molar-refractivity contribution in [2.24, 2.45) is 5.92 Å². The number of rotatable bonds is 3. The van der Waals surface area contributed by atoms with Gasteiger partial charge in [-0.15, -0.1) is 0 Å². The molecule has 2 N–H and O–H groups in total. The summed E-state index contributed by atoms with van der Waals surface area (Å²) in [5.41, 5.74) is 1.30. The summed E-state index contributed by atoms with van der Waals surface area (Å²) >= 11 is 0. The molecule has 2 aromatic rings. The average Bonchev–Trinajstić information content (AvgIpc) is 2.54. The van der Waals surface area contributed by atoms with E-state index in [1.807, 2.05) is 13.0 Å². The van der Waals surface area contributed by atoms with Crippen LogP contribution in [0.3, 0.4) is 0 Å². The van der Waals surface area contributed by atoms with Crippen molar-refractivity contribution in [3.8, 4) is 0 Å². The zero-order chi connectivity index (χ0) is 16.7. The molecule has 1 fully saturated rings. The Morgan fingerprint density at radius 3 is 2.58 bits per heavy atom. The third-order valence-corrected chi connectivity index (χ3v) is 5.81. The Labute approximate surface area is 140 Å². The van der Waals surface area contributed by atoms with Crippen LogP contribution in [-0.2, 0) is 18.5 Å². The first-order valence-corrected chi connectivity index (χ1v) is 8.85. The molecule has 0 radical (unpaired) electrons. The molecule has 1 aromatic heterocycles. The number of aromatic amines is 1. The van der Waals surface area contributed by atoms with E-state index < -0.39 is 0 Å². The Bertz CT molecular complexity index is 864. The van der Waals surface area contributed by atoms with Crippen LogP contribution in [0, 0.1) is 5.92 Å². The standard InChI is InChI=1S/C19H23N3O2/c1-2-22-17(23)15-11-12-19(14-9-6-10-14,13-7-4-3-5-8-13)21-16(15)20-18(22)24/h3-5,7-8,14,21H,2,6,9-12H2,1H3,(H,20,24)/t19-/m1/s1. The van der Waals surface area contributed by atoms with E-state index in [2.05, 4.69) is 34.6 Å². The molecular weight excluding hydrogens is 302 g/mol. The van der Waals surface area contributed by atoms with Crippen molar-refractivity contribution >= 4 is 5.82 Å². The van der Waals surface area contributed by atoms with Crippen molar-refractivity contribution in [1.82, 2.24) is 9.55 Å². The van der Waals surface area contributed by atoms with Crippen LogP contribution >= 0.6 is 0 Å².